The number of hydrogen-bond donors (Lipinski definition) is 2. The Hall–Kier alpha value is -2.20. The zero-order valence-electron chi connectivity index (χ0n) is 15.9. The van der Waals surface area contributed by atoms with E-state index >= 15 is 0 Å². The monoisotopic (exact) mass is 376 g/mol. The molecule has 5 heteroatoms. The van der Waals surface area contributed by atoms with Crippen molar-refractivity contribution in [2.75, 3.05) is 12.3 Å². The molecular weight excluding hydrogens is 348 g/mol. The van der Waals surface area contributed by atoms with Crippen molar-refractivity contribution in [2.45, 2.75) is 46.1 Å². The molecule has 0 saturated carbocycles. The fourth-order valence-corrected chi connectivity index (χ4v) is 2.62. The van der Waals surface area contributed by atoms with Crippen LogP contribution in [0.5, 0.6) is 5.75 Å². The lowest BCUT2D eigenvalue weighted by molar-refractivity contribution is -0.127. The Morgan fingerprint density at radius 1 is 1.12 bits per heavy atom. The summed E-state index contributed by atoms with van der Waals surface area (Å²) in [4.78, 5) is 12.3. The summed E-state index contributed by atoms with van der Waals surface area (Å²) in [7, 11) is 0. The summed E-state index contributed by atoms with van der Waals surface area (Å²) in [6, 6.07) is 13.8. The molecule has 0 radical (unpaired) electrons. The van der Waals surface area contributed by atoms with E-state index in [4.69, 9.17) is 10.5 Å². The number of aryl methyl sites for hydroxylation is 1. The summed E-state index contributed by atoms with van der Waals surface area (Å²) >= 11 is 0. The summed E-state index contributed by atoms with van der Waals surface area (Å²) in [5, 5.41) is 2.93. The van der Waals surface area contributed by atoms with Crippen molar-refractivity contribution in [3.05, 3.63) is 59.2 Å². The normalized spacial score (nSPS) is 11.6. The first-order valence-electron chi connectivity index (χ1n) is 8.76. The number of ether oxygens (including phenoxy) is 1. The number of benzene rings is 2. The maximum Gasteiger partial charge on any atom is 0.260 e. The third kappa shape index (κ3) is 6.26. The van der Waals surface area contributed by atoms with E-state index in [1.807, 2.05) is 37.3 Å². The average molecular weight is 377 g/mol. The minimum atomic E-state index is -0.536. The van der Waals surface area contributed by atoms with E-state index in [0.717, 1.165) is 34.5 Å². The maximum absolute atomic E-state index is 12.3. The van der Waals surface area contributed by atoms with Gasteiger partial charge >= 0.3 is 0 Å². The summed E-state index contributed by atoms with van der Waals surface area (Å²) in [5.74, 6) is 1.03. The molecule has 1 atom stereocenters. The first kappa shape index (κ1) is 21.8. The molecule has 26 heavy (non-hydrogen) atoms. The summed E-state index contributed by atoms with van der Waals surface area (Å²) < 4.78 is 5.94. The van der Waals surface area contributed by atoms with Crippen LogP contribution in [0.15, 0.2) is 42.5 Å². The topological polar surface area (TPSA) is 64.3 Å². The molecule has 2 aromatic rings. The molecule has 0 fully saturated rings. The standard InChI is InChI=1S/C21H28N2O2.ClH/c1-14(2)19-10-5-15(3)13-20(19)25-16(4)21(24)23-12-11-17-6-8-18(22)9-7-17;/h5-10,13-14,16H,11-12,22H2,1-4H3,(H,23,24);1H. The molecule has 1 unspecified atom stereocenters. The molecule has 3 N–H and O–H groups in total. The van der Waals surface area contributed by atoms with Gasteiger partial charge in [-0.25, -0.2) is 0 Å². The van der Waals surface area contributed by atoms with Gasteiger partial charge in [0.05, 0.1) is 0 Å². The molecule has 0 aliphatic rings. The van der Waals surface area contributed by atoms with E-state index in [0.29, 0.717) is 12.5 Å². The lowest BCUT2D eigenvalue weighted by atomic mass is 10.0. The van der Waals surface area contributed by atoms with Gasteiger partial charge in [0.25, 0.3) is 5.91 Å². The van der Waals surface area contributed by atoms with Crippen LogP contribution in [0.4, 0.5) is 5.69 Å². The number of anilines is 1. The van der Waals surface area contributed by atoms with Crippen LogP contribution in [-0.4, -0.2) is 18.6 Å². The number of halogens is 1. The fourth-order valence-electron chi connectivity index (χ4n) is 2.62. The average Bonchev–Trinajstić information content (AvgIpc) is 2.56. The second-order valence-corrected chi connectivity index (χ2v) is 6.74. The van der Waals surface area contributed by atoms with Crippen LogP contribution in [0.2, 0.25) is 0 Å². The summed E-state index contributed by atoms with van der Waals surface area (Å²) in [6.45, 7) is 8.62. The van der Waals surface area contributed by atoms with E-state index in [-0.39, 0.29) is 18.3 Å². The van der Waals surface area contributed by atoms with Gasteiger partial charge in [-0.15, -0.1) is 12.4 Å². The van der Waals surface area contributed by atoms with Crippen LogP contribution in [0, 0.1) is 6.92 Å². The highest BCUT2D eigenvalue weighted by atomic mass is 35.5. The number of rotatable bonds is 7. The minimum Gasteiger partial charge on any atom is -0.481 e. The largest absolute Gasteiger partial charge is 0.481 e. The Bertz CT molecular complexity index is 714. The van der Waals surface area contributed by atoms with Gasteiger partial charge in [-0.2, -0.15) is 0 Å². The molecule has 0 aromatic heterocycles. The van der Waals surface area contributed by atoms with E-state index in [1.165, 1.54) is 0 Å². The second kappa shape index (κ2) is 10.1. The Labute approximate surface area is 162 Å². The van der Waals surface area contributed by atoms with Gasteiger partial charge in [-0.1, -0.05) is 38.1 Å². The highest BCUT2D eigenvalue weighted by Gasteiger charge is 2.17. The van der Waals surface area contributed by atoms with Gasteiger partial charge in [0.1, 0.15) is 5.75 Å². The van der Waals surface area contributed by atoms with Gasteiger partial charge in [-0.05, 0) is 61.1 Å². The number of nitrogens with two attached hydrogens (primary N) is 1. The number of nitrogen functional groups attached to an aromatic ring is 1. The zero-order valence-corrected chi connectivity index (χ0v) is 16.7. The number of carbonyl (C=O) groups is 1. The molecule has 2 rings (SSSR count). The molecule has 0 spiro atoms. The van der Waals surface area contributed by atoms with Crippen LogP contribution in [0.3, 0.4) is 0 Å². The number of carbonyl (C=O) groups excluding carboxylic acids is 1. The highest BCUT2D eigenvalue weighted by Crippen LogP contribution is 2.28. The van der Waals surface area contributed by atoms with Gasteiger partial charge in [-0.3, -0.25) is 4.79 Å². The van der Waals surface area contributed by atoms with Crippen LogP contribution >= 0.6 is 12.4 Å². The maximum atomic E-state index is 12.3. The molecule has 0 saturated heterocycles. The summed E-state index contributed by atoms with van der Waals surface area (Å²) in [5.41, 5.74) is 9.80. The molecular formula is C21H29ClN2O2. The van der Waals surface area contributed by atoms with Gasteiger partial charge < -0.3 is 15.8 Å². The molecule has 142 valence electrons. The fraction of sp³-hybridized carbons (Fsp3) is 0.381. The lowest BCUT2D eigenvalue weighted by Gasteiger charge is -2.19. The molecule has 2 aromatic carbocycles. The Morgan fingerprint density at radius 2 is 1.77 bits per heavy atom. The smallest absolute Gasteiger partial charge is 0.260 e. The SMILES string of the molecule is Cc1ccc(C(C)C)c(OC(C)C(=O)NCCc2ccc(N)cc2)c1.Cl. The van der Waals surface area contributed by atoms with E-state index in [2.05, 4.69) is 31.3 Å². The predicted molar refractivity (Wildman–Crippen MR) is 110 cm³/mol. The molecule has 0 aliphatic heterocycles. The Kier molecular flexibility index (Phi) is 8.46. The van der Waals surface area contributed by atoms with Gasteiger partial charge in [0.2, 0.25) is 0 Å². The lowest BCUT2D eigenvalue weighted by Crippen LogP contribution is -2.37. The van der Waals surface area contributed by atoms with Crippen molar-refractivity contribution >= 4 is 24.0 Å². The van der Waals surface area contributed by atoms with E-state index in [1.54, 1.807) is 6.92 Å². The highest BCUT2D eigenvalue weighted by molar-refractivity contribution is 5.85. The molecule has 4 nitrogen and oxygen atoms in total. The first-order chi connectivity index (χ1) is 11.9. The summed E-state index contributed by atoms with van der Waals surface area (Å²) in [6.07, 6.45) is 0.228. The van der Waals surface area contributed by atoms with Gasteiger partial charge in [0, 0.05) is 12.2 Å². The third-order valence-electron chi connectivity index (χ3n) is 4.16. The first-order valence-corrected chi connectivity index (χ1v) is 8.76. The molecule has 1 amide bonds. The molecule has 0 heterocycles. The van der Waals surface area contributed by atoms with Crippen molar-refractivity contribution in [3.8, 4) is 5.75 Å². The van der Waals surface area contributed by atoms with Crippen molar-refractivity contribution in [3.63, 3.8) is 0 Å². The minimum absolute atomic E-state index is 0. The second-order valence-electron chi connectivity index (χ2n) is 6.74. The predicted octanol–water partition coefficient (Wildman–Crippen LogP) is 4.25. The van der Waals surface area contributed by atoms with Crippen LogP contribution in [-0.2, 0) is 11.2 Å². The van der Waals surface area contributed by atoms with Gasteiger partial charge in [0.15, 0.2) is 6.10 Å². The van der Waals surface area contributed by atoms with E-state index in [9.17, 15) is 4.79 Å². The Balaban J connectivity index is 0.00000338. The van der Waals surface area contributed by atoms with E-state index < -0.39 is 6.10 Å². The van der Waals surface area contributed by atoms with Crippen LogP contribution in [0.25, 0.3) is 0 Å². The number of nitrogens with one attached hydrogen (secondary N) is 1. The zero-order chi connectivity index (χ0) is 18.4. The van der Waals surface area contributed by atoms with Crippen LogP contribution in [0.1, 0.15) is 43.4 Å². The van der Waals surface area contributed by atoms with Crippen molar-refractivity contribution in [1.82, 2.24) is 5.32 Å². The van der Waals surface area contributed by atoms with Crippen molar-refractivity contribution in [1.29, 1.82) is 0 Å². The van der Waals surface area contributed by atoms with Crippen LogP contribution < -0.4 is 15.8 Å². The quantitative estimate of drug-likeness (QED) is 0.710. The third-order valence-corrected chi connectivity index (χ3v) is 4.16. The van der Waals surface area contributed by atoms with Crippen molar-refractivity contribution in [2.24, 2.45) is 0 Å². The van der Waals surface area contributed by atoms with Crippen molar-refractivity contribution < 1.29 is 9.53 Å². The molecule has 0 bridgehead atoms. The number of amides is 1. The number of hydrogen-bond acceptors (Lipinski definition) is 3. The Morgan fingerprint density at radius 3 is 2.38 bits per heavy atom. The molecule has 0 aliphatic carbocycles.